The van der Waals surface area contributed by atoms with E-state index in [0.717, 1.165) is 11.1 Å². The van der Waals surface area contributed by atoms with Gasteiger partial charge in [0.05, 0.1) is 12.7 Å². The maximum Gasteiger partial charge on any atom is 0.0811 e. The molecule has 0 saturated carbocycles. The molecule has 0 spiro atoms. The minimum absolute atomic E-state index is 0.172. The normalized spacial score (nSPS) is 12.9. The highest BCUT2D eigenvalue weighted by Gasteiger charge is 2.04. The molecule has 0 aromatic heterocycles. The van der Waals surface area contributed by atoms with Gasteiger partial charge in [0.25, 0.3) is 0 Å². The fourth-order valence-electron chi connectivity index (χ4n) is 1.16. The highest BCUT2D eigenvalue weighted by Crippen LogP contribution is 2.09. The van der Waals surface area contributed by atoms with Gasteiger partial charge in [-0.25, -0.2) is 0 Å². The molecule has 2 nitrogen and oxygen atoms in total. The van der Waals surface area contributed by atoms with E-state index >= 15 is 0 Å². The van der Waals surface area contributed by atoms with Crippen molar-refractivity contribution in [1.82, 2.24) is 0 Å². The lowest BCUT2D eigenvalue weighted by atomic mass is 10.0. The van der Waals surface area contributed by atoms with Gasteiger partial charge in [-0.3, -0.25) is 0 Å². The van der Waals surface area contributed by atoms with Crippen molar-refractivity contribution < 1.29 is 10.2 Å². The van der Waals surface area contributed by atoms with E-state index in [2.05, 4.69) is 0 Å². The van der Waals surface area contributed by atoms with E-state index in [9.17, 15) is 5.11 Å². The number of rotatable bonds is 3. The molecule has 0 fully saturated rings. The summed E-state index contributed by atoms with van der Waals surface area (Å²) in [5, 5.41) is 17.8. The van der Waals surface area contributed by atoms with Crippen LogP contribution < -0.4 is 0 Å². The quantitative estimate of drug-likeness (QED) is 0.700. The lowest BCUT2D eigenvalue weighted by Gasteiger charge is -2.08. The van der Waals surface area contributed by atoms with Crippen molar-refractivity contribution in [1.29, 1.82) is 0 Å². The van der Waals surface area contributed by atoms with Crippen LogP contribution in [0.25, 0.3) is 0 Å². The van der Waals surface area contributed by atoms with Gasteiger partial charge in [0.1, 0.15) is 0 Å². The van der Waals surface area contributed by atoms with Crippen LogP contribution in [0.5, 0.6) is 0 Å². The summed E-state index contributed by atoms with van der Waals surface area (Å²) in [6, 6.07) is 7.87. The molecule has 1 aromatic rings. The molecule has 0 unspecified atom stereocenters. The number of hydrogen-bond acceptors (Lipinski definition) is 2. The molecule has 1 aromatic carbocycles. The van der Waals surface area contributed by atoms with Gasteiger partial charge in [0, 0.05) is 6.42 Å². The summed E-state index contributed by atoms with van der Waals surface area (Å²) in [5.41, 5.74) is 2.25. The Morgan fingerprint density at radius 1 is 1.33 bits per heavy atom. The maximum atomic E-state index is 9.19. The molecular weight excluding hydrogens is 152 g/mol. The number of hydrogen-bond donors (Lipinski definition) is 2. The molecule has 2 heteroatoms. The smallest absolute Gasteiger partial charge is 0.0811 e. The van der Waals surface area contributed by atoms with Gasteiger partial charge in [-0.05, 0) is 18.1 Å². The van der Waals surface area contributed by atoms with Gasteiger partial charge in [0.2, 0.25) is 0 Å². The first-order chi connectivity index (χ1) is 5.74. The van der Waals surface area contributed by atoms with Crippen LogP contribution in [0.1, 0.15) is 11.1 Å². The zero-order chi connectivity index (χ0) is 8.97. The number of aryl methyl sites for hydroxylation is 1. The van der Waals surface area contributed by atoms with Crippen molar-refractivity contribution in [3.05, 3.63) is 35.4 Å². The van der Waals surface area contributed by atoms with E-state index in [1.165, 1.54) is 0 Å². The Kier molecular flexibility index (Phi) is 3.26. The molecule has 1 atom stereocenters. The highest BCUT2D eigenvalue weighted by atomic mass is 16.3. The van der Waals surface area contributed by atoms with Crippen molar-refractivity contribution in [2.24, 2.45) is 0 Å². The molecule has 0 aliphatic heterocycles. The average Bonchev–Trinajstić information content (AvgIpc) is 2.09. The largest absolute Gasteiger partial charge is 0.394 e. The minimum Gasteiger partial charge on any atom is -0.394 e. The van der Waals surface area contributed by atoms with Crippen LogP contribution in [-0.4, -0.2) is 22.9 Å². The summed E-state index contributed by atoms with van der Waals surface area (Å²) < 4.78 is 0. The maximum absolute atomic E-state index is 9.19. The Labute approximate surface area is 72.5 Å². The van der Waals surface area contributed by atoms with E-state index in [4.69, 9.17) is 5.11 Å². The van der Waals surface area contributed by atoms with E-state index < -0.39 is 6.10 Å². The molecule has 12 heavy (non-hydrogen) atoms. The van der Waals surface area contributed by atoms with E-state index in [0.29, 0.717) is 6.42 Å². The molecule has 0 bridgehead atoms. The summed E-state index contributed by atoms with van der Waals surface area (Å²) in [4.78, 5) is 0. The SMILES string of the molecule is Cc1ccccc1C[C@@H](O)CO. The van der Waals surface area contributed by atoms with Crippen molar-refractivity contribution in [3.8, 4) is 0 Å². The van der Waals surface area contributed by atoms with Gasteiger partial charge in [-0.15, -0.1) is 0 Å². The van der Waals surface area contributed by atoms with Gasteiger partial charge < -0.3 is 10.2 Å². The molecule has 2 N–H and O–H groups in total. The highest BCUT2D eigenvalue weighted by molar-refractivity contribution is 5.25. The third kappa shape index (κ3) is 2.32. The minimum atomic E-state index is -0.633. The molecule has 0 aliphatic rings. The Balaban J connectivity index is 2.69. The van der Waals surface area contributed by atoms with Crippen LogP contribution in [0, 0.1) is 6.92 Å². The number of aliphatic hydroxyl groups is 2. The van der Waals surface area contributed by atoms with Crippen molar-refractivity contribution in [2.75, 3.05) is 6.61 Å². The van der Waals surface area contributed by atoms with Gasteiger partial charge in [0.15, 0.2) is 0 Å². The second-order valence-corrected chi connectivity index (χ2v) is 2.97. The predicted octanol–water partition coefficient (Wildman–Crippen LogP) is 0.891. The number of aliphatic hydroxyl groups excluding tert-OH is 2. The van der Waals surface area contributed by atoms with Gasteiger partial charge in [-0.2, -0.15) is 0 Å². The standard InChI is InChI=1S/C10H14O2/c1-8-4-2-3-5-9(8)6-10(12)7-11/h2-5,10-12H,6-7H2,1H3/t10-/m1/s1. The summed E-state index contributed by atoms with van der Waals surface area (Å²) in [5.74, 6) is 0. The Morgan fingerprint density at radius 2 is 2.00 bits per heavy atom. The summed E-state index contributed by atoms with van der Waals surface area (Å²) >= 11 is 0. The Hall–Kier alpha value is -0.860. The van der Waals surface area contributed by atoms with Crippen molar-refractivity contribution in [3.63, 3.8) is 0 Å². The van der Waals surface area contributed by atoms with E-state index in [1.807, 2.05) is 31.2 Å². The van der Waals surface area contributed by atoms with Crippen LogP contribution >= 0.6 is 0 Å². The predicted molar refractivity (Wildman–Crippen MR) is 48.0 cm³/mol. The van der Waals surface area contributed by atoms with Crippen molar-refractivity contribution >= 4 is 0 Å². The fourth-order valence-corrected chi connectivity index (χ4v) is 1.16. The zero-order valence-electron chi connectivity index (χ0n) is 7.20. The molecule has 0 amide bonds. The topological polar surface area (TPSA) is 40.5 Å². The molecule has 0 heterocycles. The molecule has 66 valence electrons. The third-order valence-corrected chi connectivity index (χ3v) is 1.93. The summed E-state index contributed by atoms with van der Waals surface area (Å²) in [6.07, 6.45) is -0.102. The van der Waals surface area contributed by atoms with E-state index in [1.54, 1.807) is 0 Å². The average molecular weight is 166 g/mol. The fraction of sp³-hybridized carbons (Fsp3) is 0.400. The molecule has 0 aliphatic carbocycles. The lowest BCUT2D eigenvalue weighted by Crippen LogP contribution is -2.15. The first kappa shape index (κ1) is 9.23. The monoisotopic (exact) mass is 166 g/mol. The van der Waals surface area contributed by atoms with Crippen molar-refractivity contribution in [2.45, 2.75) is 19.4 Å². The van der Waals surface area contributed by atoms with Crippen LogP contribution in [0.2, 0.25) is 0 Å². The molecule has 1 rings (SSSR count). The molecular formula is C10H14O2. The second-order valence-electron chi connectivity index (χ2n) is 2.97. The first-order valence-electron chi connectivity index (χ1n) is 4.07. The van der Waals surface area contributed by atoms with Gasteiger partial charge >= 0.3 is 0 Å². The van der Waals surface area contributed by atoms with E-state index in [-0.39, 0.29) is 6.61 Å². The second kappa shape index (κ2) is 4.24. The van der Waals surface area contributed by atoms with Crippen LogP contribution in [0.4, 0.5) is 0 Å². The third-order valence-electron chi connectivity index (χ3n) is 1.93. The molecule has 0 saturated heterocycles. The summed E-state index contributed by atoms with van der Waals surface area (Å²) in [6.45, 7) is 1.83. The van der Waals surface area contributed by atoms with Crippen LogP contribution in [0.15, 0.2) is 24.3 Å². The van der Waals surface area contributed by atoms with Crippen LogP contribution in [-0.2, 0) is 6.42 Å². The van der Waals surface area contributed by atoms with Crippen LogP contribution in [0.3, 0.4) is 0 Å². The Bertz CT molecular complexity index is 245. The number of benzene rings is 1. The zero-order valence-corrected chi connectivity index (χ0v) is 7.20. The lowest BCUT2D eigenvalue weighted by molar-refractivity contribution is 0.0954. The first-order valence-corrected chi connectivity index (χ1v) is 4.07. The van der Waals surface area contributed by atoms with Gasteiger partial charge in [-0.1, -0.05) is 24.3 Å². The Morgan fingerprint density at radius 3 is 2.58 bits per heavy atom. The molecule has 0 radical (unpaired) electrons. The summed E-state index contributed by atoms with van der Waals surface area (Å²) in [7, 11) is 0.